The maximum absolute atomic E-state index is 11.6. The van der Waals surface area contributed by atoms with E-state index in [1.807, 2.05) is 0 Å². The summed E-state index contributed by atoms with van der Waals surface area (Å²) in [5, 5.41) is 0. The van der Waals surface area contributed by atoms with Crippen molar-refractivity contribution in [3.8, 4) is 0 Å². The molecule has 1 heterocycles. The number of imide groups is 1. The summed E-state index contributed by atoms with van der Waals surface area (Å²) < 4.78 is 5.21. The fourth-order valence-corrected chi connectivity index (χ4v) is 2.01. The number of amides is 2. The highest BCUT2D eigenvalue weighted by Crippen LogP contribution is 2.15. The number of hydrogen-bond donors (Lipinski definition) is 0. The number of likely N-dealkylation sites (tertiary alicyclic amines) is 1. The molecule has 0 bridgehead atoms. The second kappa shape index (κ2) is 7.30. The average molecular weight is 241 g/mol. The monoisotopic (exact) mass is 241 g/mol. The van der Waals surface area contributed by atoms with Crippen molar-refractivity contribution in [2.45, 2.75) is 52.4 Å². The van der Waals surface area contributed by atoms with Crippen molar-refractivity contribution in [2.75, 3.05) is 13.2 Å². The Labute approximate surface area is 103 Å². The summed E-state index contributed by atoms with van der Waals surface area (Å²) >= 11 is 0. The van der Waals surface area contributed by atoms with Crippen LogP contribution < -0.4 is 0 Å². The van der Waals surface area contributed by atoms with Crippen LogP contribution >= 0.6 is 0 Å². The molecule has 0 aromatic carbocycles. The van der Waals surface area contributed by atoms with Gasteiger partial charge in [0, 0.05) is 13.0 Å². The highest BCUT2D eigenvalue weighted by molar-refractivity contribution is 5.93. The zero-order chi connectivity index (χ0) is 12.7. The van der Waals surface area contributed by atoms with Gasteiger partial charge in [-0.25, -0.2) is 9.69 Å². The zero-order valence-corrected chi connectivity index (χ0v) is 10.9. The van der Waals surface area contributed by atoms with Crippen molar-refractivity contribution in [1.29, 1.82) is 0 Å². The molecule has 0 aromatic heterocycles. The Morgan fingerprint density at radius 3 is 2.76 bits per heavy atom. The summed E-state index contributed by atoms with van der Waals surface area (Å²) in [5.74, 6) is 0.327. The molecule has 1 saturated heterocycles. The lowest BCUT2D eigenvalue weighted by Crippen LogP contribution is -2.33. The van der Waals surface area contributed by atoms with Crippen molar-refractivity contribution in [2.24, 2.45) is 5.92 Å². The third kappa shape index (κ3) is 4.36. The van der Waals surface area contributed by atoms with Gasteiger partial charge in [0.2, 0.25) is 5.91 Å². The first kappa shape index (κ1) is 14.0. The summed E-state index contributed by atoms with van der Waals surface area (Å²) in [4.78, 5) is 24.2. The minimum absolute atomic E-state index is 0.100. The van der Waals surface area contributed by atoms with Crippen molar-refractivity contribution in [3.63, 3.8) is 0 Å². The van der Waals surface area contributed by atoms with Crippen LogP contribution in [0.4, 0.5) is 4.79 Å². The van der Waals surface area contributed by atoms with Crippen molar-refractivity contribution < 1.29 is 14.3 Å². The molecule has 0 radical (unpaired) electrons. The summed E-state index contributed by atoms with van der Waals surface area (Å²) in [6.45, 7) is 5.22. The van der Waals surface area contributed by atoms with Gasteiger partial charge in [0.25, 0.3) is 0 Å². The summed E-state index contributed by atoms with van der Waals surface area (Å²) in [5.41, 5.74) is 0. The Bertz CT molecular complexity index is 265. The van der Waals surface area contributed by atoms with E-state index in [9.17, 15) is 9.59 Å². The molecule has 1 rings (SSSR count). The van der Waals surface area contributed by atoms with Crippen molar-refractivity contribution in [1.82, 2.24) is 4.90 Å². The summed E-state index contributed by atoms with van der Waals surface area (Å²) in [6, 6.07) is 0. The molecule has 1 atom stereocenters. The predicted octanol–water partition coefficient (Wildman–Crippen LogP) is 2.96. The van der Waals surface area contributed by atoms with E-state index in [0.717, 1.165) is 25.7 Å². The van der Waals surface area contributed by atoms with E-state index in [1.165, 1.54) is 11.3 Å². The van der Waals surface area contributed by atoms with Crippen LogP contribution in [-0.4, -0.2) is 30.1 Å². The highest BCUT2D eigenvalue weighted by atomic mass is 16.6. The molecule has 0 aromatic rings. The smallest absolute Gasteiger partial charge is 0.416 e. The van der Waals surface area contributed by atoms with Gasteiger partial charge >= 0.3 is 6.09 Å². The second-order valence-corrected chi connectivity index (χ2v) is 4.64. The first-order valence-electron chi connectivity index (χ1n) is 6.66. The van der Waals surface area contributed by atoms with Crippen LogP contribution in [0.3, 0.4) is 0 Å². The fourth-order valence-electron chi connectivity index (χ4n) is 2.01. The number of unbranched alkanes of at least 4 members (excludes halogenated alkanes) is 1. The Balaban J connectivity index is 2.28. The van der Waals surface area contributed by atoms with Crippen LogP contribution in [0.1, 0.15) is 52.4 Å². The topological polar surface area (TPSA) is 46.6 Å². The Morgan fingerprint density at radius 1 is 1.47 bits per heavy atom. The standard InChI is InChI=1S/C13H23NO3/c1-3-5-7-11(4-2)10-17-13(16)14-9-6-8-12(14)15/h11H,3-10H2,1-2H3. The number of hydrogen-bond acceptors (Lipinski definition) is 3. The summed E-state index contributed by atoms with van der Waals surface area (Å²) in [6.07, 6.45) is 5.22. The summed E-state index contributed by atoms with van der Waals surface area (Å²) in [7, 11) is 0. The molecule has 0 spiro atoms. The molecule has 4 nitrogen and oxygen atoms in total. The zero-order valence-electron chi connectivity index (χ0n) is 10.9. The molecule has 4 heteroatoms. The molecule has 17 heavy (non-hydrogen) atoms. The van der Waals surface area contributed by atoms with Crippen LogP contribution in [0.25, 0.3) is 0 Å². The van der Waals surface area contributed by atoms with Crippen LogP contribution in [0.15, 0.2) is 0 Å². The molecule has 1 aliphatic rings. The number of carbonyl (C=O) groups excluding carboxylic acids is 2. The number of rotatable bonds is 6. The van der Waals surface area contributed by atoms with Gasteiger partial charge in [-0.3, -0.25) is 4.79 Å². The third-order valence-corrected chi connectivity index (χ3v) is 3.28. The van der Waals surface area contributed by atoms with E-state index in [-0.39, 0.29) is 5.91 Å². The van der Waals surface area contributed by atoms with Gasteiger partial charge in [0.1, 0.15) is 0 Å². The maximum Gasteiger partial charge on any atom is 0.416 e. The van der Waals surface area contributed by atoms with E-state index in [0.29, 0.717) is 25.5 Å². The fraction of sp³-hybridized carbons (Fsp3) is 0.846. The van der Waals surface area contributed by atoms with E-state index < -0.39 is 6.09 Å². The second-order valence-electron chi connectivity index (χ2n) is 4.64. The molecule has 1 fully saturated rings. The Kier molecular flexibility index (Phi) is 6.01. The van der Waals surface area contributed by atoms with Crippen LogP contribution in [0, 0.1) is 5.92 Å². The van der Waals surface area contributed by atoms with Gasteiger partial charge in [0.15, 0.2) is 0 Å². The first-order chi connectivity index (χ1) is 8.19. The van der Waals surface area contributed by atoms with Crippen LogP contribution in [0.5, 0.6) is 0 Å². The van der Waals surface area contributed by atoms with E-state index in [1.54, 1.807) is 0 Å². The molecular formula is C13H23NO3. The van der Waals surface area contributed by atoms with Gasteiger partial charge in [-0.1, -0.05) is 33.1 Å². The molecule has 1 unspecified atom stereocenters. The predicted molar refractivity (Wildman–Crippen MR) is 65.6 cm³/mol. The minimum atomic E-state index is -0.456. The highest BCUT2D eigenvalue weighted by Gasteiger charge is 2.27. The molecule has 0 saturated carbocycles. The van der Waals surface area contributed by atoms with Crippen LogP contribution in [0.2, 0.25) is 0 Å². The van der Waals surface area contributed by atoms with Gasteiger partial charge in [0.05, 0.1) is 6.61 Å². The molecule has 2 amide bonds. The minimum Gasteiger partial charge on any atom is -0.449 e. The van der Waals surface area contributed by atoms with Crippen molar-refractivity contribution in [3.05, 3.63) is 0 Å². The molecule has 0 aliphatic carbocycles. The van der Waals surface area contributed by atoms with E-state index in [4.69, 9.17) is 4.74 Å². The van der Waals surface area contributed by atoms with Crippen LogP contribution in [-0.2, 0) is 9.53 Å². The van der Waals surface area contributed by atoms with Gasteiger partial charge in [-0.2, -0.15) is 0 Å². The average Bonchev–Trinajstić information content (AvgIpc) is 2.75. The lowest BCUT2D eigenvalue weighted by atomic mass is 10.0. The SMILES string of the molecule is CCCCC(CC)COC(=O)N1CCCC1=O. The van der Waals surface area contributed by atoms with Gasteiger partial charge < -0.3 is 4.74 Å². The van der Waals surface area contributed by atoms with Gasteiger partial charge in [-0.05, 0) is 18.8 Å². The van der Waals surface area contributed by atoms with Gasteiger partial charge in [-0.15, -0.1) is 0 Å². The molecule has 0 N–H and O–H groups in total. The first-order valence-corrected chi connectivity index (χ1v) is 6.66. The molecular weight excluding hydrogens is 218 g/mol. The van der Waals surface area contributed by atoms with E-state index in [2.05, 4.69) is 13.8 Å². The number of nitrogens with zero attached hydrogens (tertiary/aromatic N) is 1. The Morgan fingerprint density at radius 2 is 2.24 bits per heavy atom. The normalized spacial score (nSPS) is 17.3. The lowest BCUT2D eigenvalue weighted by Gasteiger charge is -2.18. The number of ether oxygens (including phenoxy) is 1. The molecule has 98 valence electrons. The van der Waals surface area contributed by atoms with Crippen molar-refractivity contribution >= 4 is 12.0 Å². The quantitative estimate of drug-likeness (QED) is 0.718. The van der Waals surface area contributed by atoms with E-state index >= 15 is 0 Å². The number of carbonyl (C=O) groups is 2. The molecule has 1 aliphatic heterocycles. The maximum atomic E-state index is 11.6. The Hall–Kier alpha value is -1.06. The largest absolute Gasteiger partial charge is 0.449 e. The lowest BCUT2D eigenvalue weighted by molar-refractivity contribution is -0.126. The third-order valence-electron chi connectivity index (χ3n) is 3.28.